The first-order chi connectivity index (χ1) is 9.95. The number of rotatable bonds is 6. The monoisotopic (exact) mass is 335 g/mol. The third-order valence-corrected chi connectivity index (χ3v) is 3.89. The van der Waals surface area contributed by atoms with Gasteiger partial charge in [-0.2, -0.15) is 13.2 Å². The number of nitrogens with one attached hydrogen (secondary N) is 1. The Morgan fingerprint density at radius 3 is 2.38 bits per heavy atom. The Bertz CT molecular complexity index is 568. The van der Waals surface area contributed by atoms with Crippen LogP contribution in [-0.4, -0.2) is 13.2 Å². The third-order valence-electron chi connectivity index (χ3n) is 2.66. The minimum Gasteiger partial charge on any atom is -0.492 e. The topological polar surface area (TPSA) is 21.3 Å². The van der Waals surface area contributed by atoms with Crippen molar-refractivity contribution in [3.05, 3.63) is 51.2 Å². The molecule has 0 aliphatic heterocycles. The first-order valence-corrected chi connectivity index (χ1v) is 7.39. The first-order valence-electron chi connectivity index (χ1n) is 6.20. The van der Waals surface area contributed by atoms with Crippen molar-refractivity contribution in [3.63, 3.8) is 0 Å². The molecule has 0 saturated carbocycles. The molecule has 1 heterocycles. The van der Waals surface area contributed by atoms with E-state index in [1.807, 2.05) is 12.1 Å². The van der Waals surface area contributed by atoms with Gasteiger partial charge in [-0.05, 0) is 36.4 Å². The average Bonchev–Trinajstić information content (AvgIpc) is 2.84. The van der Waals surface area contributed by atoms with Gasteiger partial charge < -0.3 is 10.1 Å². The molecule has 0 saturated heterocycles. The van der Waals surface area contributed by atoms with E-state index in [9.17, 15) is 13.2 Å². The number of hydrogen-bond donors (Lipinski definition) is 1. The van der Waals surface area contributed by atoms with Crippen LogP contribution in [0.4, 0.5) is 13.2 Å². The van der Waals surface area contributed by atoms with Crippen molar-refractivity contribution < 1.29 is 17.9 Å². The molecule has 21 heavy (non-hydrogen) atoms. The molecule has 0 atom stereocenters. The van der Waals surface area contributed by atoms with Gasteiger partial charge in [0.1, 0.15) is 12.4 Å². The molecule has 2 rings (SSSR count). The van der Waals surface area contributed by atoms with Crippen molar-refractivity contribution in [2.45, 2.75) is 12.7 Å². The van der Waals surface area contributed by atoms with E-state index in [0.29, 0.717) is 25.4 Å². The van der Waals surface area contributed by atoms with E-state index in [0.717, 1.165) is 21.3 Å². The maximum absolute atomic E-state index is 12.4. The van der Waals surface area contributed by atoms with Crippen LogP contribution in [0.15, 0.2) is 36.4 Å². The van der Waals surface area contributed by atoms with Gasteiger partial charge in [-0.1, -0.05) is 11.6 Å². The van der Waals surface area contributed by atoms with Crippen LogP contribution < -0.4 is 10.1 Å². The minimum atomic E-state index is -4.32. The lowest BCUT2D eigenvalue weighted by Crippen LogP contribution is -2.20. The number of halogens is 4. The van der Waals surface area contributed by atoms with Crippen molar-refractivity contribution >= 4 is 22.9 Å². The predicted molar refractivity (Wildman–Crippen MR) is 78.0 cm³/mol. The lowest BCUT2D eigenvalue weighted by atomic mass is 10.2. The van der Waals surface area contributed by atoms with E-state index >= 15 is 0 Å². The van der Waals surface area contributed by atoms with Crippen LogP contribution in [0.3, 0.4) is 0 Å². The summed E-state index contributed by atoms with van der Waals surface area (Å²) >= 11 is 7.31. The van der Waals surface area contributed by atoms with Gasteiger partial charge in [-0.3, -0.25) is 0 Å². The van der Waals surface area contributed by atoms with E-state index in [2.05, 4.69) is 5.32 Å². The molecule has 0 radical (unpaired) electrons. The van der Waals surface area contributed by atoms with Crippen molar-refractivity contribution in [3.8, 4) is 5.75 Å². The smallest absolute Gasteiger partial charge is 0.416 e. The summed E-state index contributed by atoms with van der Waals surface area (Å²) in [5, 5.41) is 3.17. The highest BCUT2D eigenvalue weighted by Crippen LogP contribution is 2.30. The van der Waals surface area contributed by atoms with E-state index in [1.54, 1.807) is 0 Å². The number of ether oxygens (including phenoxy) is 1. The van der Waals surface area contributed by atoms with Gasteiger partial charge in [-0.25, -0.2) is 0 Å². The molecule has 0 unspecified atom stereocenters. The summed E-state index contributed by atoms with van der Waals surface area (Å²) in [6, 6.07) is 8.44. The van der Waals surface area contributed by atoms with E-state index in [1.165, 1.54) is 23.5 Å². The number of thiophene rings is 1. The summed E-state index contributed by atoms with van der Waals surface area (Å²) < 4.78 is 43.2. The van der Waals surface area contributed by atoms with E-state index in [-0.39, 0.29) is 0 Å². The van der Waals surface area contributed by atoms with Gasteiger partial charge in [0.2, 0.25) is 0 Å². The van der Waals surface area contributed by atoms with Crippen LogP contribution in [0.25, 0.3) is 0 Å². The molecule has 2 aromatic rings. The molecule has 2 nitrogen and oxygen atoms in total. The summed E-state index contributed by atoms with van der Waals surface area (Å²) in [6.07, 6.45) is -4.32. The molecule has 0 aliphatic rings. The highest BCUT2D eigenvalue weighted by molar-refractivity contribution is 7.16. The lowest BCUT2D eigenvalue weighted by molar-refractivity contribution is -0.137. The van der Waals surface area contributed by atoms with E-state index < -0.39 is 11.7 Å². The molecule has 0 bridgehead atoms. The second-order valence-electron chi connectivity index (χ2n) is 4.25. The second-order valence-corrected chi connectivity index (χ2v) is 6.05. The Labute approximate surface area is 129 Å². The number of alkyl halides is 3. The van der Waals surface area contributed by atoms with Gasteiger partial charge in [0, 0.05) is 18.0 Å². The summed E-state index contributed by atoms with van der Waals surface area (Å²) in [4.78, 5) is 1.12. The molecule has 7 heteroatoms. The zero-order valence-corrected chi connectivity index (χ0v) is 12.5. The van der Waals surface area contributed by atoms with Gasteiger partial charge >= 0.3 is 6.18 Å². The summed E-state index contributed by atoms with van der Waals surface area (Å²) in [6.45, 7) is 1.66. The molecule has 1 N–H and O–H groups in total. The number of benzene rings is 1. The zero-order chi connectivity index (χ0) is 15.3. The van der Waals surface area contributed by atoms with Crippen LogP contribution in [0.5, 0.6) is 5.75 Å². The van der Waals surface area contributed by atoms with Gasteiger partial charge in [0.15, 0.2) is 0 Å². The SMILES string of the molecule is FC(F)(F)c1ccc(OCCNCc2ccc(Cl)s2)cc1. The molecule has 0 aliphatic carbocycles. The first kappa shape index (κ1) is 16.1. The Hall–Kier alpha value is -1.24. The Morgan fingerprint density at radius 1 is 1.10 bits per heavy atom. The quantitative estimate of drug-likeness (QED) is 0.780. The Morgan fingerprint density at radius 2 is 1.81 bits per heavy atom. The molecular formula is C14H13ClF3NOS. The molecule has 1 aromatic carbocycles. The molecule has 0 fully saturated rings. The molecule has 0 spiro atoms. The third kappa shape index (κ3) is 5.22. The fourth-order valence-corrected chi connectivity index (χ4v) is 2.70. The van der Waals surface area contributed by atoms with Crippen molar-refractivity contribution in [1.82, 2.24) is 5.32 Å². The molecule has 0 amide bonds. The van der Waals surface area contributed by atoms with Gasteiger partial charge in [0.25, 0.3) is 0 Å². The second kappa shape index (κ2) is 7.15. The van der Waals surface area contributed by atoms with Gasteiger partial charge in [-0.15, -0.1) is 11.3 Å². The molecule has 114 valence electrons. The highest BCUT2D eigenvalue weighted by atomic mass is 35.5. The summed E-state index contributed by atoms with van der Waals surface area (Å²) in [7, 11) is 0. The number of hydrogen-bond acceptors (Lipinski definition) is 3. The Kier molecular flexibility index (Phi) is 5.50. The fourth-order valence-electron chi connectivity index (χ4n) is 1.64. The fraction of sp³-hybridized carbons (Fsp3) is 0.286. The summed E-state index contributed by atoms with van der Waals surface area (Å²) in [5.41, 5.74) is -0.678. The standard InChI is InChI=1S/C14H13ClF3NOS/c15-13-6-5-12(21-13)9-19-7-8-20-11-3-1-10(2-4-11)14(16,17)18/h1-6,19H,7-9H2. The lowest BCUT2D eigenvalue weighted by Gasteiger charge is -2.09. The molecule has 1 aromatic heterocycles. The van der Waals surface area contributed by atoms with Gasteiger partial charge in [0.05, 0.1) is 9.90 Å². The van der Waals surface area contributed by atoms with Crippen LogP contribution in [0.1, 0.15) is 10.4 Å². The molecular weight excluding hydrogens is 323 g/mol. The maximum atomic E-state index is 12.4. The maximum Gasteiger partial charge on any atom is 0.416 e. The highest BCUT2D eigenvalue weighted by Gasteiger charge is 2.29. The minimum absolute atomic E-state index is 0.379. The largest absolute Gasteiger partial charge is 0.492 e. The van der Waals surface area contributed by atoms with Crippen molar-refractivity contribution in [1.29, 1.82) is 0 Å². The Balaban J connectivity index is 1.69. The normalized spacial score (nSPS) is 11.6. The van der Waals surface area contributed by atoms with Crippen LogP contribution in [0, 0.1) is 0 Å². The average molecular weight is 336 g/mol. The van der Waals surface area contributed by atoms with E-state index in [4.69, 9.17) is 16.3 Å². The van der Waals surface area contributed by atoms with Crippen LogP contribution >= 0.6 is 22.9 Å². The van der Waals surface area contributed by atoms with Crippen LogP contribution in [-0.2, 0) is 12.7 Å². The van der Waals surface area contributed by atoms with Crippen molar-refractivity contribution in [2.24, 2.45) is 0 Å². The van der Waals surface area contributed by atoms with Crippen molar-refractivity contribution in [2.75, 3.05) is 13.2 Å². The zero-order valence-electron chi connectivity index (χ0n) is 10.9. The predicted octanol–water partition coefficient (Wildman–Crippen LogP) is 4.59. The van der Waals surface area contributed by atoms with Crippen LogP contribution in [0.2, 0.25) is 4.34 Å². The summed E-state index contributed by atoms with van der Waals surface area (Å²) in [5.74, 6) is 0.420.